The molecule has 2 rings (SSSR count). The topological polar surface area (TPSA) is 96.9 Å². The average molecular weight is 388 g/mol. The number of benzene rings is 2. The number of hydrogen-bond donors (Lipinski definition) is 3. The zero-order valence-corrected chi connectivity index (χ0v) is 16.4. The van der Waals surface area contributed by atoms with Crippen LogP contribution in [-0.4, -0.2) is 56.9 Å². The summed E-state index contributed by atoms with van der Waals surface area (Å²) in [5, 5.41) is 16.2. The van der Waals surface area contributed by atoms with Gasteiger partial charge in [-0.05, 0) is 35.4 Å². The van der Waals surface area contributed by atoms with Crippen molar-refractivity contribution >= 4 is 22.6 Å². The molecule has 3 N–H and O–H groups in total. The molecule has 7 nitrogen and oxygen atoms in total. The number of nitrogens with one attached hydrogen (secondary N) is 2. The summed E-state index contributed by atoms with van der Waals surface area (Å²) in [4.78, 5) is 24.1. The molecule has 0 bridgehead atoms. The standard InChI is InChI=1S/C21H28N2O5/c1-15(16-3-4-18-14-19(27-2)6-5-17(18)13-16)21(26)23-8-7-20(25)22-9-11-28-12-10-24/h3-6,13-15,24H,7-12H2,1-2H3,(H,22,25)(H,23,26)/t15-/m0/s1. The summed E-state index contributed by atoms with van der Waals surface area (Å²) in [7, 11) is 1.63. The van der Waals surface area contributed by atoms with Gasteiger partial charge in [0.1, 0.15) is 5.75 Å². The lowest BCUT2D eigenvalue weighted by atomic mass is 9.97. The van der Waals surface area contributed by atoms with Crippen molar-refractivity contribution in [2.75, 3.05) is 40.0 Å². The van der Waals surface area contributed by atoms with E-state index in [1.807, 2.05) is 43.3 Å². The van der Waals surface area contributed by atoms with Gasteiger partial charge in [0.25, 0.3) is 0 Å². The number of fused-ring (bicyclic) bond motifs is 1. The van der Waals surface area contributed by atoms with E-state index in [-0.39, 0.29) is 43.9 Å². The molecule has 2 aromatic rings. The molecule has 0 saturated carbocycles. The molecule has 2 aromatic carbocycles. The Kier molecular flexibility index (Phi) is 8.71. The second-order valence-electron chi connectivity index (χ2n) is 6.42. The Morgan fingerprint density at radius 3 is 2.54 bits per heavy atom. The number of aliphatic hydroxyl groups is 1. The van der Waals surface area contributed by atoms with E-state index in [1.54, 1.807) is 7.11 Å². The van der Waals surface area contributed by atoms with Crippen LogP contribution >= 0.6 is 0 Å². The first-order valence-corrected chi connectivity index (χ1v) is 9.36. The van der Waals surface area contributed by atoms with E-state index in [0.717, 1.165) is 22.1 Å². The molecule has 0 fully saturated rings. The number of amides is 2. The van der Waals surface area contributed by atoms with Gasteiger partial charge in [-0.15, -0.1) is 0 Å². The fraction of sp³-hybridized carbons (Fsp3) is 0.429. The van der Waals surface area contributed by atoms with E-state index in [9.17, 15) is 9.59 Å². The molecule has 152 valence electrons. The van der Waals surface area contributed by atoms with Gasteiger partial charge in [0.2, 0.25) is 11.8 Å². The van der Waals surface area contributed by atoms with Gasteiger partial charge in [-0.2, -0.15) is 0 Å². The van der Waals surface area contributed by atoms with Gasteiger partial charge in [-0.25, -0.2) is 0 Å². The number of carbonyl (C=O) groups excluding carboxylic acids is 2. The van der Waals surface area contributed by atoms with Crippen LogP contribution in [0.5, 0.6) is 5.75 Å². The van der Waals surface area contributed by atoms with E-state index in [0.29, 0.717) is 13.2 Å². The van der Waals surface area contributed by atoms with Crippen LogP contribution in [0.4, 0.5) is 0 Å². The minimum Gasteiger partial charge on any atom is -0.497 e. The molecule has 0 aliphatic heterocycles. The molecule has 0 aromatic heterocycles. The van der Waals surface area contributed by atoms with E-state index >= 15 is 0 Å². The van der Waals surface area contributed by atoms with Crippen molar-refractivity contribution in [2.45, 2.75) is 19.3 Å². The monoisotopic (exact) mass is 388 g/mol. The van der Waals surface area contributed by atoms with Gasteiger partial charge in [0.05, 0.1) is 32.8 Å². The first-order chi connectivity index (χ1) is 13.5. The van der Waals surface area contributed by atoms with Crippen molar-refractivity contribution in [3.63, 3.8) is 0 Å². The van der Waals surface area contributed by atoms with Gasteiger partial charge in [0.15, 0.2) is 0 Å². The number of ether oxygens (including phenoxy) is 2. The molecule has 28 heavy (non-hydrogen) atoms. The third-order valence-corrected chi connectivity index (χ3v) is 4.42. The van der Waals surface area contributed by atoms with Crippen molar-refractivity contribution in [3.05, 3.63) is 42.0 Å². The lowest BCUT2D eigenvalue weighted by Crippen LogP contribution is -2.34. The molecule has 0 heterocycles. The van der Waals surface area contributed by atoms with E-state index < -0.39 is 0 Å². The Balaban J connectivity index is 1.79. The highest BCUT2D eigenvalue weighted by atomic mass is 16.5. The zero-order valence-electron chi connectivity index (χ0n) is 16.4. The fourth-order valence-electron chi connectivity index (χ4n) is 2.76. The first kappa shape index (κ1) is 21.7. The van der Waals surface area contributed by atoms with Crippen LogP contribution in [0.3, 0.4) is 0 Å². The van der Waals surface area contributed by atoms with Crippen molar-refractivity contribution in [1.29, 1.82) is 0 Å². The fourth-order valence-corrected chi connectivity index (χ4v) is 2.76. The smallest absolute Gasteiger partial charge is 0.227 e. The quantitative estimate of drug-likeness (QED) is 0.508. The zero-order chi connectivity index (χ0) is 20.4. The third-order valence-electron chi connectivity index (χ3n) is 4.42. The Labute approximate surface area is 165 Å². The van der Waals surface area contributed by atoms with Crippen molar-refractivity contribution in [3.8, 4) is 5.75 Å². The SMILES string of the molecule is COc1ccc2cc([C@H](C)C(=O)NCCC(=O)NCCOCCO)ccc2c1. The Morgan fingerprint density at radius 2 is 1.79 bits per heavy atom. The summed E-state index contributed by atoms with van der Waals surface area (Å²) in [6.45, 7) is 3.07. The predicted molar refractivity (Wildman–Crippen MR) is 107 cm³/mol. The lowest BCUT2D eigenvalue weighted by molar-refractivity contribution is -0.123. The summed E-state index contributed by atoms with van der Waals surface area (Å²) in [6.07, 6.45) is 0.204. The van der Waals surface area contributed by atoms with Crippen molar-refractivity contribution in [2.24, 2.45) is 0 Å². The van der Waals surface area contributed by atoms with Crippen LogP contribution in [0.2, 0.25) is 0 Å². The number of rotatable bonds is 11. The van der Waals surface area contributed by atoms with Crippen LogP contribution < -0.4 is 15.4 Å². The molecular formula is C21H28N2O5. The van der Waals surface area contributed by atoms with Gasteiger partial charge in [0, 0.05) is 19.5 Å². The van der Waals surface area contributed by atoms with Crippen LogP contribution in [-0.2, 0) is 14.3 Å². The molecule has 0 aliphatic rings. The molecule has 0 saturated heterocycles. The summed E-state index contributed by atoms with van der Waals surface area (Å²) in [5.74, 6) is 0.206. The second kappa shape index (κ2) is 11.3. The average Bonchev–Trinajstić information content (AvgIpc) is 2.72. The molecule has 2 amide bonds. The second-order valence-corrected chi connectivity index (χ2v) is 6.42. The van der Waals surface area contributed by atoms with Crippen LogP contribution in [0.1, 0.15) is 24.8 Å². The molecule has 0 spiro atoms. The highest BCUT2D eigenvalue weighted by molar-refractivity contribution is 5.88. The van der Waals surface area contributed by atoms with Crippen molar-refractivity contribution in [1.82, 2.24) is 10.6 Å². The number of hydrogen-bond acceptors (Lipinski definition) is 5. The molecule has 0 aliphatic carbocycles. The maximum Gasteiger partial charge on any atom is 0.227 e. The summed E-state index contributed by atoms with van der Waals surface area (Å²) in [5.41, 5.74) is 0.917. The lowest BCUT2D eigenvalue weighted by Gasteiger charge is -2.14. The normalized spacial score (nSPS) is 11.8. The Hall–Kier alpha value is -2.64. The molecule has 0 radical (unpaired) electrons. The highest BCUT2D eigenvalue weighted by Crippen LogP contribution is 2.25. The van der Waals surface area contributed by atoms with Gasteiger partial charge in [-0.1, -0.05) is 24.3 Å². The first-order valence-electron chi connectivity index (χ1n) is 9.36. The predicted octanol–water partition coefficient (Wildman–Crippen LogP) is 1.58. The maximum absolute atomic E-state index is 12.4. The highest BCUT2D eigenvalue weighted by Gasteiger charge is 2.15. The maximum atomic E-state index is 12.4. The van der Waals surface area contributed by atoms with E-state index in [2.05, 4.69) is 10.6 Å². The Bertz CT molecular complexity index is 793. The van der Waals surface area contributed by atoms with Crippen LogP contribution in [0.25, 0.3) is 10.8 Å². The number of methoxy groups -OCH3 is 1. The molecule has 1 atom stereocenters. The largest absolute Gasteiger partial charge is 0.497 e. The van der Waals surface area contributed by atoms with Crippen LogP contribution in [0.15, 0.2) is 36.4 Å². The Morgan fingerprint density at radius 1 is 1.04 bits per heavy atom. The third kappa shape index (κ3) is 6.51. The number of aliphatic hydroxyl groups excluding tert-OH is 1. The van der Waals surface area contributed by atoms with Crippen LogP contribution in [0, 0.1) is 0 Å². The molecular weight excluding hydrogens is 360 g/mol. The van der Waals surface area contributed by atoms with Crippen molar-refractivity contribution < 1.29 is 24.2 Å². The molecule has 0 unspecified atom stereocenters. The molecule has 7 heteroatoms. The van der Waals surface area contributed by atoms with Gasteiger partial charge in [-0.3, -0.25) is 9.59 Å². The van der Waals surface area contributed by atoms with Gasteiger partial charge < -0.3 is 25.2 Å². The summed E-state index contributed by atoms with van der Waals surface area (Å²) < 4.78 is 10.3. The minimum atomic E-state index is -0.318. The van der Waals surface area contributed by atoms with E-state index in [4.69, 9.17) is 14.6 Å². The summed E-state index contributed by atoms with van der Waals surface area (Å²) in [6, 6.07) is 11.7. The minimum absolute atomic E-state index is 0.0381. The summed E-state index contributed by atoms with van der Waals surface area (Å²) >= 11 is 0. The number of carbonyl (C=O) groups is 2. The van der Waals surface area contributed by atoms with E-state index in [1.165, 1.54) is 0 Å². The van der Waals surface area contributed by atoms with Gasteiger partial charge >= 0.3 is 0 Å².